The molecule has 3 aromatic rings. The Hall–Kier alpha value is -3.07. The van der Waals surface area contributed by atoms with Crippen LogP contribution in [0.4, 0.5) is 13.2 Å². The number of alkyl halides is 3. The minimum atomic E-state index is -4.44. The summed E-state index contributed by atoms with van der Waals surface area (Å²) in [6, 6.07) is 10.6. The van der Waals surface area contributed by atoms with Crippen LogP contribution in [0.25, 0.3) is 11.4 Å². The molecule has 178 valence electrons. The molecule has 0 aliphatic heterocycles. The van der Waals surface area contributed by atoms with Gasteiger partial charge in [0.1, 0.15) is 0 Å². The first-order valence-electron chi connectivity index (χ1n) is 10.9. The van der Waals surface area contributed by atoms with Crippen molar-refractivity contribution >= 4 is 0 Å². The highest BCUT2D eigenvalue weighted by Gasteiger charge is 2.30. The van der Waals surface area contributed by atoms with Crippen molar-refractivity contribution in [2.75, 3.05) is 13.2 Å². The van der Waals surface area contributed by atoms with Gasteiger partial charge in [-0.25, -0.2) is 0 Å². The molecule has 2 aromatic carbocycles. The van der Waals surface area contributed by atoms with Gasteiger partial charge in [0.15, 0.2) is 11.5 Å². The van der Waals surface area contributed by atoms with Crippen molar-refractivity contribution in [1.29, 1.82) is 0 Å². The van der Waals surface area contributed by atoms with Gasteiger partial charge in [-0.3, -0.25) is 0 Å². The van der Waals surface area contributed by atoms with Gasteiger partial charge >= 0.3 is 6.18 Å². The average molecular weight is 464 g/mol. The maximum atomic E-state index is 13.0. The highest BCUT2D eigenvalue weighted by Crippen LogP contribution is 2.34. The number of aromatic nitrogens is 2. The first-order chi connectivity index (χ1) is 15.7. The van der Waals surface area contributed by atoms with E-state index >= 15 is 0 Å². The molecule has 33 heavy (non-hydrogen) atoms. The lowest BCUT2D eigenvalue weighted by Gasteiger charge is -2.23. The quantitative estimate of drug-likeness (QED) is 0.395. The first kappa shape index (κ1) is 24.6. The number of rotatable bonds is 10. The zero-order valence-electron chi connectivity index (χ0n) is 19.1. The summed E-state index contributed by atoms with van der Waals surface area (Å²) in [5, 5.41) is 7.25. The van der Waals surface area contributed by atoms with Crippen molar-refractivity contribution in [3.8, 4) is 22.9 Å². The third-order valence-electron chi connectivity index (χ3n) is 4.98. The minimum Gasteiger partial charge on any atom is -0.490 e. The smallest absolute Gasteiger partial charge is 0.416 e. The number of hydrogen-bond donors (Lipinski definition) is 1. The first-order valence-corrected chi connectivity index (χ1v) is 10.9. The van der Waals surface area contributed by atoms with E-state index in [1.54, 1.807) is 0 Å². The fraction of sp³-hybridized carbons (Fsp3) is 0.417. The van der Waals surface area contributed by atoms with Crippen LogP contribution >= 0.6 is 0 Å². The monoisotopic (exact) mass is 463 g/mol. The number of ether oxygens (including phenoxy) is 2. The molecule has 1 aromatic heterocycles. The van der Waals surface area contributed by atoms with E-state index in [0.29, 0.717) is 24.7 Å². The number of nitrogens with zero attached hydrogens (tertiary/aromatic N) is 2. The fourth-order valence-electron chi connectivity index (χ4n) is 3.48. The van der Waals surface area contributed by atoms with Gasteiger partial charge in [-0.15, -0.1) is 0 Å². The van der Waals surface area contributed by atoms with Gasteiger partial charge < -0.3 is 19.3 Å². The zero-order valence-corrected chi connectivity index (χ0v) is 19.1. The SMILES string of the molecule is CCOc1ccc(C(NCc2nc(-c3cccc(C(F)(F)F)c3)no2)C(C)C)cc1OCC. The third-order valence-corrected chi connectivity index (χ3v) is 4.98. The maximum absolute atomic E-state index is 13.0. The molecule has 0 aliphatic rings. The predicted octanol–water partition coefficient (Wildman–Crippen LogP) is 6.04. The maximum Gasteiger partial charge on any atom is 0.416 e. The van der Waals surface area contributed by atoms with Gasteiger partial charge in [0, 0.05) is 11.6 Å². The van der Waals surface area contributed by atoms with E-state index in [9.17, 15) is 13.2 Å². The van der Waals surface area contributed by atoms with Crippen LogP contribution < -0.4 is 14.8 Å². The standard InChI is InChI=1S/C24H28F3N3O3/c1-5-31-19-11-10-16(13-20(19)32-6-2)22(15(3)4)28-14-21-29-23(30-33-21)17-8-7-9-18(12-17)24(25,26)27/h7-13,15,22,28H,5-6,14H2,1-4H3. The molecule has 1 unspecified atom stereocenters. The summed E-state index contributed by atoms with van der Waals surface area (Å²) in [4.78, 5) is 4.26. The summed E-state index contributed by atoms with van der Waals surface area (Å²) in [5.41, 5.74) is 0.493. The van der Waals surface area contributed by atoms with E-state index < -0.39 is 11.7 Å². The molecular weight excluding hydrogens is 435 g/mol. The Bertz CT molecular complexity index is 1050. The molecular formula is C24H28F3N3O3. The van der Waals surface area contributed by atoms with E-state index in [2.05, 4.69) is 29.3 Å². The lowest BCUT2D eigenvalue weighted by Crippen LogP contribution is -2.25. The third kappa shape index (κ3) is 6.25. The van der Waals surface area contributed by atoms with Crippen molar-refractivity contribution in [2.24, 2.45) is 5.92 Å². The molecule has 3 rings (SSSR count). The van der Waals surface area contributed by atoms with Gasteiger partial charge in [0.25, 0.3) is 0 Å². The van der Waals surface area contributed by atoms with E-state index in [1.807, 2.05) is 32.0 Å². The molecule has 0 fully saturated rings. The van der Waals surface area contributed by atoms with Crippen molar-refractivity contribution in [3.05, 3.63) is 59.5 Å². The molecule has 0 amide bonds. The molecule has 0 aliphatic carbocycles. The number of nitrogens with one attached hydrogen (secondary N) is 1. The molecule has 0 saturated heterocycles. The number of hydrogen-bond acceptors (Lipinski definition) is 6. The predicted molar refractivity (Wildman–Crippen MR) is 118 cm³/mol. The van der Waals surface area contributed by atoms with Crippen molar-refractivity contribution in [1.82, 2.24) is 15.5 Å². The minimum absolute atomic E-state index is 0.0520. The van der Waals surface area contributed by atoms with Gasteiger partial charge in [0.2, 0.25) is 11.7 Å². The van der Waals surface area contributed by atoms with Crippen LogP contribution in [0.2, 0.25) is 0 Å². The highest BCUT2D eigenvalue weighted by atomic mass is 19.4. The Kier molecular flexibility index (Phi) is 7.97. The van der Waals surface area contributed by atoms with Gasteiger partial charge in [-0.2, -0.15) is 18.2 Å². The molecule has 0 radical (unpaired) electrons. The summed E-state index contributed by atoms with van der Waals surface area (Å²) < 4.78 is 55.6. The Morgan fingerprint density at radius 3 is 2.39 bits per heavy atom. The van der Waals surface area contributed by atoms with Crippen LogP contribution in [0.15, 0.2) is 47.0 Å². The van der Waals surface area contributed by atoms with Crippen molar-refractivity contribution in [3.63, 3.8) is 0 Å². The topological polar surface area (TPSA) is 69.4 Å². The second kappa shape index (κ2) is 10.7. The van der Waals surface area contributed by atoms with Crippen LogP contribution in [0.3, 0.4) is 0 Å². The van der Waals surface area contributed by atoms with Crippen LogP contribution in [0, 0.1) is 5.92 Å². The lowest BCUT2D eigenvalue weighted by molar-refractivity contribution is -0.137. The summed E-state index contributed by atoms with van der Waals surface area (Å²) in [6.45, 7) is 9.30. The van der Waals surface area contributed by atoms with Crippen LogP contribution in [0.5, 0.6) is 11.5 Å². The van der Waals surface area contributed by atoms with E-state index in [-0.39, 0.29) is 35.8 Å². The Balaban J connectivity index is 1.76. The Morgan fingerprint density at radius 1 is 1.00 bits per heavy atom. The van der Waals surface area contributed by atoms with E-state index in [1.165, 1.54) is 12.1 Å². The van der Waals surface area contributed by atoms with Crippen LogP contribution in [-0.4, -0.2) is 23.4 Å². The average Bonchev–Trinajstić information content (AvgIpc) is 3.24. The molecule has 0 bridgehead atoms. The molecule has 1 atom stereocenters. The van der Waals surface area contributed by atoms with Gasteiger partial charge in [-0.05, 0) is 49.6 Å². The number of halogens is 3. The molecule has 6 nitrogen and oxygen atoms in total. The second-order valence-corrected chi connectivity index (χ2v) is 7.77. The Morgan fingerprint density at radius 2 is 1.73 bits per heavy atom. The largest absolute Gasteiger partial charge is 0.490 e. The molecule has 1 heterocycles. The summed E-state index contributed by atoms with van der Waals surface area (Å²) in [5.74, 6) is 1.98. The Labute approximate surface area is 191 Å². The summed E-state index contributed by atoms with van der Waals surface area (Å²) >= 11 is 0. The fourth-order valence-corrected chi connectivity index (χ4v) is 3.48. The molecule has 1 N–H and O–H groups in total. The van der Waals surface area contributed by atoms with Crippen molar-refractivity contribution in [2.45, 2.75) is 46.5 Å². The van der Waals surface area contributed by atoms with Gasteiger partial charge in [0.05, 0.1) is 25.3 Å². The molecule has 9 heteroatoms. The summed E-state index contributed by atoms with van der Waals surface area (Å²) in [7, 11) is 0. The molecule has 0 saturated carbocycles. The highest BCUT2D eigenvalue weighted by molar-refractivity contribution is 5.55. The van der Waals surface area contributed by atoms with E-state index in [0.717, 1.165) is 17.7 Å². The molecule has 0 spiro atoms. The number of benzene rings is 2. The van der Waals surface area contributed by atoms with Crippen molar-refractivity contribution < 1.29 is 27.2 Å². The zero-order chi connectivity index (χ0) is 24.0. The second-order valence-electron chi connectivity index (χ2n) is 7.77. The normalized spacial score (nSPS) is 12.7. The van der Waals surface area contributed by atoms with Crippen LogP contribution in [0.1, 0.15) is 50.8 Å². The van der Waals surface area contributed by atoms with Gasteiger partial charge in [-0.1, -0.05) is 37.2 Å². The van der Waals surface area contributed by atoms with Crippen LogP contribution in [-0.2, 0) is 12.7 Å². The summed E-state index contributed by atoms with van der Waals surface area (Å²) in [6.07, 6.45) is -4.44. The van der Waals surface area contributed by atoms with E-state index in [4.69, 9.17) is 14.0 Å². The lowest BCUT2D eigenvalue weighted by atomic mass is 9.95.